The number of allylic oxidation sites excluding steroid dienone is 8. The van der Waals surface area contributed by atoms with Crippen molar-refractivity contribution in [3.8, 4) is 0 Å². The average molecular weight is 146 g/mol. The fourth-order valence-electron chi connectivity index (χ4n) is 0.960. The highest BCUT2D eigenvalue weighted by molar-refractivity contribution is 5.15. The Morgan fingerprint density at radius 2 is 1.00 bits per heavy atom. The zero-order valence-electron chi connectivity index (χ0n) is 6.74. The van der Waals surface area contributed by atoms with Gasteiger partial charge in [-0.05, 0) is 19.3 Å². The van der Waals surface area contributed by atoms with Gasteiger partial charge < -0.3 is 0 Å². The second kappa shape index (κ2) is 5.72. The van der Waals surface area contributed by atoms with E-state index in [1.165, 1.54) is 19.3 Å². The highest BCUT2D eigenvalue weighted by Gasteiger charge is 1.79. The number of rotatable bonds is 0. The third kappa shape index (κ3) is 4.38. The first-order valence-electron chi connectivity index (χ1n) is 4.15. The van der Waals surface area contributed by atoms with Gasteiger partial charge in [0.05, 0.1) is 0 Å². The van der Waals surface area contributed by atoms with E-state index in [1.807, 2.05) is 12.2 Å². The molecule has 11 heavy (non-hydrogen) atoms. The minimum Gasteiger partial charge on any atom is -0.0845 e. The van der Waals surface area contributed by atoms with Crippen LogP contribution in [0, 0.1) is 0 Å². The summed E-state index contributed by atoms with van der Waals surface area (Å²) in [5.74, 6) is 0. The first-order valence-corrected chi connectivity index (χ1v) is 4.15. The lowest BCUT2D eigenvalue weighted by molar-refractivity contribution is 0.868. The second-order valence-corrected chi connectivity index (χ2v) is 2.56. The molecule has 0 aliphatic heterocycles. The van der Waals surface area contributed by atoms with Gasteiger partial charge in [-0.3, -0.25) is 0 Å². The second-order valence-electron chi connectivity index (χ2n) is 2.56. The minimum atomic E-state index is 1.19. The molecule has 1 rings (SSSR count). The lowest BCUT2D eigenvalue weighted by Crippen LogP contribution is -1.67. The van der Waals surface area contributed by atoms with Crippen molar-refractivity contribution in [3.63, 3.8) is 0 Å². The summed E-state index contributed by atoms with van der Waals surface area (Å²) in [5.41, 5.74) is 0. The standard InChI is InChI=1S/C11H14/c1-2-4-6-8-10-11-9-7-5-3-1/h1-8H,9-11H2. The van der Waals surface area contributed by atoms with Gasteiger partial charge in [0.2, 0.25) is 0 Å². The van der Waals surface area contributed by atoms with Crippen molar-refractivity contribution in [3.05, 3.63) is 48.6 Å². The van der Waals surface area contributed by atoms with E-state index in [0.29, 0.717) is 0 Å². The summed E-state index contributed by atoms with van der Waals surface area (Å²) in [6.07, 6.45) is 20.5. The van der Waals surface area contributed by atoms with Crippen molar-refractivity contribution >= 4 is 0 Å². The summed E-state index contributed by atoms with van der Waals surface area (Å²) < 4.78 is 0. The molecule has 0 unspecified atom stereocenters. The molecule has 0 radical (unpaired) electrons. The zero-order chi connectivity index (χ0) is 7.78. The van der Waals surface area contributed by atoms with Gasteiger partial charge >= 0.3 is 0 Å². The van der Waals surface area contributed by atoms with E-state index in [9.17, 15) is 0 Å². The largest absolute Gasteiger partial charge is 0.0845 e. The van der Waals surface area contributed by atoms with Gasteiger partial charge in [-0.2, -0.15) is 0 Å². The number of hydrogen-bond donors (Lipinski definition) is 0. The van der Waals surface area contributed by atoms with Crippen molar-refractivity contribution < 1.29 is 0 Å². The van der Waals surface area contributed by atoms with Gasteiger partial charge in [-0.25, -0.2) is 0 Å². The Balaban J connectivity index is 2.47. The zero-order valence-corrected chi connectivity index (χ0v) is 6.74. The molecule has 0 spiro atoms. The molecule has 0 heterocycles. The molecule has 0 saturated heterocycles. The Morgan fingerprint density at radius 3 is 1.55 bits per heavy atom. The van der Waals surface area contributed by atoms with Crippen LogP contribution in [0.15, 0.2) is 48.6 Å². The molecule has 1 aliphatic carbocycles. The number of hydrogen-bond acceptors (Lipinski definition) is 0. The van der Waals surface area contributed by atoms with Crippen molar-refractivity contribution in [2.45, 2.75) is 19.3 Å². The molecule has 0 atom stereocenters. The molecule has 1 aliphatic rings. The molecule has 0 aromatic carbocycles. The van der Waals surface area contributed by atoms with Crippen molar-refractivity contribution in [2.24, 2.45) is 0 Å². The van der Waals surface area contributed by atoms with E-state index in [0.717, 1.165) is 0 Å². The normalized spacial score (nSPS) is 18.2. The molecule has 0 N–H and O–H groups in total. The van der Waals surface area contributed by atoms with Gasteiger partial charge in [-0.15, -0.1) is 0 Å². The first kappa shape index (κ1) is 8.06. The summed E-state index contributed by atoms with van der Waals surface area (Å²) in [6.45, 7) is 0. The SMILES string of the molecule is C1=CC=CCCCC=CC=C1. The Hall–Kier alpha value is -1.04. The summed E-state index contributed by atoms with van der Waals surface area (Å²) in [6, 6.07) is 0. The quantitative estimate of drug-likeness (QED) is 0.491. The van der Waals surface area contributed by atoms with Crippen LogP contribution in [0.5, 0.6) is 0 Å². The van der Waals surface area contributed by atoms with Crippen molar-refractivity contribution in [1.29, 1.82) is 0 Å². The lowest BCUT2D eigenvalue weighted by atomic mass is 10.2. The third-order valence-electron chi connectivity index (χ3n) is 1.57. The maximum atomic E-state index is 2.21. The van der Waals surface area contributed by atoms with Crippen LogP contribution in [0.2, 0.25) is 0 Å². The molecular weight excluding hydrogens is 132 g/mol. The molecule has 0 aromatic heterocycles. The van der Waals surface area contributed by atoms with Gasteiger partial charge in [0.15, 0.2) is 0 Å². The monoisotopic (exact) mass is 146 g/mol. The summed E-state index contributed by atoms with van der Waals surface area (Å²) in [5, 5.41) is 0. The predicted molar refractivity (Wildman–Crippen MR) is 50.4 cm³/mol. The van der Waals surface area contributed by atoms with Crippen LogP contribution in [0.1, 0.15) is 19.3 Å². The maximum absolute atomic E-state index is 2.21. The fraction of sp³-hybridized carbons (Fsp3) is 0.273. The minimum absolute atomic E-state index is 1.19. The molecule has 0 nitrogen and oxygen atoms in total. The predicted octanol–water partition coefficient (Wildman–Crippen LogP) is 3.40. The van der Waals surface area contributed by atoms with Gasteiger partial charge in [0.1, 0.15) is 0 Å². The Labute approximate surface area is 68.6 Å². The molecule has 58 valence electrons. The summed E-state index contributed by atoms with van der Waals surface area (Å²) in [4.78, 5) is 0. The maximum Gasteiger partial charge on any atom is -0.0345 e. The molecule has 0 heteroatoms. The van der Waals surface area contributed by atoms with E-state index >= 15 is 0 Å². The van der Waals surface area contributed by atoms with Crippen LogP contribution in [0.3, 0.4) is 0 Å². The summed E-state index contributed by atoms with van der Waals surface area (Å²) in [7, 11) is 0. The molecule has 0 aromatic rings. The molecule has 0 saturated carbocycles. The van der Waals surface area contributed by atoms with Gasteiger partial charge in [-0.1, -0.05) is 48.6 Å². The highest BCUT2D eigenvalue weighted by Crippen LogP contribution is 1.99. The molecule has 0 fully saturated rings. The highest BCUT2D eigenvalue weighted by atomic mass is 13.9. The topological polar surface area (TPSA) is 0 Å². The fourth-order valence-corrected chi connectivity index (χ4v) is 0.960. The van der Waals surface area contributed by atoms with Crippen LogP contribution >= 0.6 is 0 Å². The first-order chi connectivity index (χ1) is 5.50. The molecule has 0 amide bonds. The van der Waals surface area contributed by atoms with Crippen LogP contribution in [-0.2, 0) is 0 Å². The van der Waals surface area contributed by atoms with E-state index in [4.69, 9.17) is 0 Å². The third-order valence-corrected chi connectivity index (χ3v) is 1.57. The van der Waals surface area contributed by atoms with E-state index in [-0.39, 0.29) is 0 Å². The van der Waals surface area contributed by atoms with Crippen molar-refractivity contribution in [2.75, 3.05) is 0 Å². The van der Waals surface area contributed by atoms with Crippen LogP contribution in [-0.4, -0.2) is 0 Å². The Bertz CT molecular complexity index is 170. The van der Waals surface area contributed by atoms with Crippen molar-refractivity contribution in [1.82, 2.24) is 0 Å². The van der Waals surface area contributed by atoms with Crippen LogP contribution in [0.4, 0.5) is 0 Å². The lowest BCUT2D eigenvalue weighted by Gasteiger charge is -1.87. The molecular formula is C11H14. The van der Waals surface area contributed by atoms with Crippen LogP contribution in [0.25, 0.3) is 0 Å². The Kier molecular flexibility index (Phi) is 4.19. The van der Waals surface area contributed by atoms with Gasteiger partial charge in [0, 0.05) is 0 Å². The van der Waals surface area contributed by atoms with Crippen LogP contribution < -0.4 is 0 Å². The molecule has 0 bridgehead atoms. The van der Waals surface area contributed by atoms with E-state index in [2.05, 4.69) is 36.5 Å². The summed E-state index contributed by atoms with van der Waals surface area (Å²) >= 11 is 0. The average Bonchev–Trinajstić information content (AvgIpc) is 2.08. The van der Waals surface area contributed by atoms with E-state index < -0.39 is 0 Å². The van der Waals surface area contributed by atoms with E-state index in [1.54, 1.807) is 0 Å². The van der Waals surface area contributed by atoms with Gasteiger partial charge in [0.25, 0.3) is 0 Å². The Morgan fingerprint density at radius 1 is 0.545 bits per heavy atom. The smallest absolute Gasteiger partial charge is 0.0345 e.